The first-order valence-corrected chi connectivity index (χ1v) is 7.42. The Morgan fingerprint density at radius 2 is 1.90 bits per heavy atom. The molecule has 4 N–H and O–H groups in total. The quantitative estimate of drug-likeness (QED) is 0.424. The lowest BCUT2D eigenvalue weighted by Gasteiger charge is -2.05. The number of rotatable bonds is 10. The Bertz CT molecular complexity index is 409. The molecule has 0 atom stereocenters. The highest BCUT2D eigenvalue weighted by Crippen LogP contribution is 2.14. The molecule has 4 heteroatoms. The molecule has 0 heterocycles. The van der Waals surface area contributed by atoms with E-state index in [2.05, 4.69) is 17.4 Å². The molecule has 0 bridgehead atoms. The van der Waals surface area contributed by atoms with Gasteiger partial charge in [0.2, 0.25) is 0 Å². The fourth-order valence-corrected chi connectivity index (χ4v) is 1.97. The van der Waals surface area contributed by atoms with Crippen molar-refractivity contribution in [1.29, 1.82) is 5.53 Å². The van der Waals surface area contributed by atoms with Crippen molar-refractivity contribution >= 4 is 5.69 Å². The summed E-state index contributed by atoms with van der Waals surface area (Å²) in [6, 6.07) is 7.97. The van der Waals surface area contributed by atoms with Crippen molar-refractivity contribution in [3.8, 4) is 0 Å². The van der Waals surface area contributed by atoms with Crippen LogP contribution in [0.1, 0.15) is 51.0 Å². The van der Waals surface area contributed by atoms with Gasteiger partial charge >= 0.3 is 0 Å². The maximum atomic E-state index is 7.21. The summed E-state index contributed by atoms with van der Waals surface area (Å²) in [7, 11) is 0. The summed E-state index contributed by atoms with van der Waals surface area (Å²) in [5.74, 6) is 0. The second-order valence-electron chi connectivity index (χ2n) is 4.96. The van der Waals surface area contributed by atoms with Gasteiger partial charge in [-0.15, -0.1) is 0 Å². The normalized spacial score (nSPS) is 11.4. The molecule has 1 rings (SSSR count). The summed E-state index contributed by atoms with van der Waals surface area (Å²) in [4.78, 5) is 0. The van der Waals surface area contributed by atoms with Gasteiger partial charge in [-0.3, -0.25) is 0 Å². The number of benzene rings is 1. The lowest BCUT2D eigenvalue weighted by atomic mass is 10.1. The summed E-state index contributed by atoms with van der Waals surface area (Å²) < 4.78 is 0. The van der Waals surface area contributed by atoms with E-state index in [-0.39, 0.29) is 0 Å². The van der Waals surface area contributed by atoms with E-state index >= 15 is 0 Å². The highest BCUT2D eigenvalue weighted by Gasteiger charge is 1.97. The molecule has 0 spiro atoms. The number of nitrogens with one attached hydrogen (secondary N) is 2. The van der Waals surface area contributed by atoms with Crippen LogP contribution in [0.25, 0.3) is 0 Å². The molecule has 0 fully saturated rings. The average molecular weight is 274 g/mol. The molecule has 1 aromatic carbocycles. The highest BCUT2D eigenvalue weighted by atomic mass is 15.0. The Balaban J connectivity index is 2.37. The predicted octanol–water partition coefficient (Wildman–Crippen LogP) is 4.79. The number of unbranched alkanes of at least 4 members (excludes halogenated alkanes) is 4. The largest absolute Gasteiger partial charge is 0.360 e. The second kappa shape index (κ2) is 10.1. The van der Waals surface area contributed by atoms with Crippen LogP contribution in [0.3, 0.4) is 0 Å². The molecule has 0 aliphatic rings. The zero-order chi connectivity index (χ0) is 14.6. The van der Waals surface area contributed by atoms with Crippen molar-refractivity contribution in [1.82, 2.24) is 0 Å². The van der Waals surface area contributed by atoms with Gasteiger partial charge in [0.05, 0.1) is 5.70 Å². The van der Waals surface area contributed by atoms with Crippen LogP contribution in [-0.4, -0.2) is 0 Å². The standard InChI is InChI=1S/C16H26N4/c1-2-3-4-5-6-7-16(20-18)13-19-15-10-8-14(12-17)9-11-15/h8-11,13,18-19H,2-7,12,17H2,1H3/b16-13-,20-18?. The molecular weight excluding hydrogens is 248 g/mol. The minimum absolute atomic E-state index is 0.557. The fraction of sp³-hybridized carbons (Fsp3) is 0.500. The molecule has 4 nitrogen and oxygen atoms in total. The van der Waals surface area contributed by atoms with Gasteiger partial charge in [0.25, 0.3) is 0 Å². The molecule has 20 heavy (non-hydrogen) atoms. The molecule has 0 amide bonds. The van der Waals surface area contributed by atoms with Crippen molar-refractivity contribution in [3.63, 3.8) is 0 Å². The van der Waals surface area contributed by atoms with Crippen LogP contribution in [0.4, 0.5) is 5.69 Å². The summed E-state index contributed by atoms with van der Waals surface area (Å²) >= 11 is 0. The van der Waals surface area contributed by atoms with Crippen LogP contribution in [0.5, 0.6) is 0 Å². The predicted molar refractivity (Wildman–Crippen MR) is 84.6 cm³/mol. The Labute approximate surface area is 122 Å². The van der Waals surface area contributed by atoms with E-state index in [1.54, 1.807) is 0 Å². The minimum atomic E-state index is 0.557. The monoisotopic (exact) mass is 274 g/mol. The Morgan fingerprint density at radius 1 is 1.20 bits per heavy atom. The third-order valence-corrected chi connectivity index (χ3v) is 3.28. The van der Waals surface area contributed by atoms with Gasteiger partial charge in [0, 0.05) is 18.4 Å². The molecule has 110 valence electrons. The number of allylic oxidation sites excluding steroid dienone is 1. The van der Waals surface area contributed by atoms with Gasteiger partial charge in [-0.05, 0) is 30.5 Å². The van der Waals surface area contributed by atoms with Crippen LogP contribution >= 0.6 is 0 Å². The molecule has 0 aliphatic carbocycles. The first-order chi connectivity index (χ1) is 9.80. The molecule has 0 radical (unpaired) electrons. The van der Waals surface area contributed by atoms with Crippen molar-refractivity contribution in [2.75, 3.05) is 5.32 Å². The molecular formula is C16H26N4. The first-order valence-electron chi connectivity index (χ1n) is 7.42. The number of nitrogens with two attached hydrogens (primary N) is 1. The summed E-state index contributed by atoms with van der Waals surface area (Å²) in [6.07, 6.45) is 8.82. The summed E-state index contributed by atoms with van der Waals surface area (Å²) in [5, 5.41) is 6.77. The topological polar surface area (TPSA) is 74.3 Å². The number of anilines is 1. The molecule has 0 saturated heterocycles. The zero-order valence-electron chi connectivity index (χ0n) is 12.4. The van der Waals surface area contributed by atoms with E-state index in [0.29, 0.717) is 6.54 Å². The lowest BCUT2D eigenvalue weighted by Crippen LogP contribution is -1.96. The maximum absolute atomic E-state index is 7.21. The van der Waals surface area contributed by atoms with E-state index in [1.165, 1.54) is 25.7 Å². The second-order valence-corrected chi connectivity index (χ2v) is 4.96. The zero-order valence-corrected chi connectivity index (χ0v) is 12.4. The van der Waals surface area contributed by atoms with Gasteiger partial charge < -0.3 is 11.1 Å². The van der Waals surface area contributed by atoms with Crippen LogP contribution in [0, 0.1) is 5.53 Å². The fourth-order valence-electron chi connectivity index (χ4n) is 1.97. The van der Waals surface area contributed by atoms with Crippen molar-refractivity contribution in [2.24, 2.45) is 10.8 Å². The van der Waals surface area contributed by atoms with Crippen molar-refractivity contribution in [3.05, 3.63) is 41.7 Å². The van der Waals surface area contributed by atoms with Gasteiger partial charge in [0.15, 0.2) is 0 Å². The van der Waals surface area contributed by atoms with Gasteiger partial charge in [0.1, 0.15) is 0 Å². The van der Waals surface area contributed by atoms with Gasteiger partial charge in [-0.2, -0.15) is 5.11 Å². The molecule has 1 aromatic rings. The van der Waals surface area contributed by atoms with Crippen molar-refractivity contribution in [2.45, 2.75) is 52.0 Å². The third kappa shape index (κ3) is 6.48. The first kappa shape index (κ1) is 16.4. The van der Waals surface area contributed by atoms with Crippen LogP contribution < -0.4 is 11.1 Å². The van der Waals surface area contributed by atoms with Gasteiger partial charge in [-0.1, -0.05) is 44.7 Å². The van der Waals surface area contributed by atoms with E-state index in [9.17, 15) is 0 Å². The number of nitrogens with zero attached hydrogens (tertiary/aromatic N) is 1. The maximum Gasteiger partial charge on any atom is 0.0783 e. The smallest absolute Gasteiger partial charge is 0.0783 e. The number of hydrogen-bond acceptors (Lipinski definition) is 4. The van der Waals surface area contributed by atoms with E-state index < -0.39 is 0 Å². The average Bonchev–Trinajstić information content (AvgIpc) is 2.50. The van der Waals surface area contributed by atoms with Crippen LogP contribution in [-0.2, 0) is 6.54 Å². The van der Waals surface area contributed by atoms with Crippen LogP contribution in [0.2, 0.25) is 0 Å². The third-order valence-electron chi connectivity index (χ3n) is 3.28. The minimum Gasteiger partial charge on any atom is -0.360 e. The molecule has 0 aliphatic heterocycles. The Kier molecular flexibility index (Phi) is 8.31. The van der Waals surface area contributed by atoms with E-state index in [0.717, 1.165) is 29.8 Å². The SMILES string of the molecule is CCCCCCC/C(=C/Nc1ccc(CN)cc1)N=N. The summed E-state index contributed by atoms with van der Waals surface area (Å²) in [5.41, 5.74) is 15.7. The summed E-state index contributed by atoms with van der Waals surface area (Å²) in [6.45, 7) is 2.77. The molecule has 0 aromatic heterocycles. The lowest BCUT2D eigenvalue weighted by molar-refractivity contribution is 0.626. The highest BCUT2D eigenvalue weighted by molar-refractivity contribution is 5.47. The molecule has 0 saturated carbocycles. The number of hydrogen-bond donors (Lipinski definition) is 3. The van der Waals surface area contributed by atoms with E-state index in [4.69, 9.17) is 11.3 Å². The van der Waals surface area contributed by atoms with E-state index in [1.807, 2.05) is 30.5 Å². The van der Waals surface area contributed by atoms with Gasteiger partial charge in [-0.25, -0.2) is 5.53 Å². The Hall–Kier alpha value is -1.68. The van der Waals surface area contributed by atoms with Crippen LogP contribution in [0.15, 0.2) is 41.3 Å². The Morgan fingerprint density at radius 3 is 2.50 bits per heavy atom. The molecule has 0 unspecified atom stereocenters. The van der Waals surface area contributed by atoms with Crippen molar-refractivity contribution < 1.29 is 0 Å².